The predicted octanol–water partition coefficient (Wildman–Crippen LogP) is 3.55. The molecule has 7 nitrogen and oxygen atoms in total. The van der Waals surface area contributed by atoms with Gasteiger partial charge < -0.3 is 14.6 Å². The molecule has 0 spiro atoms. The van der Waals surface area contributed by atoms with E-state index in [0.717, 1.165) is 42.8 Å². The van der Waals surface area contributed by atoms with Crippen molar-refractivity contribution in [1.29, 1.82) is 10.5 Å². The van der Waals surface area contributed by atoms with Gasteiger partial charge in [0.2, 0.25) is 0 Å². The van der Waals surface area contributed by atoms with Crippen molar-refractivity contribution in [3.8, 4) is 12.1 Å². The van der Waals surface area contributed by atoms with E-state index < -0.39 is 24.0 Å². The van der Waals surface area contributed by atoms with Gasteiger partial charge in [0.15, 0.2) is 6.61 Å². The van der Waals surface area contributed by atoms with E-state index in [9.17, 15) is 20.1 Å². The molecule has 0 unspecified atom stereocenters. The summed E-state index contributed by atoms with van der Waals surface area (Å²) in [7, 11) is 0. The quantitative estimate of drug-likeness (QED) is 0.420. The van der Waals surface area contributed by atoms with E-state index in [1.54, 1.807) is 0 Å². The Balaban J connectivity index is 2.04. The zero-order valence-electron chi connectivity index (χ0n) is 18.2. The van der Waals surface area contributed by atoms with Gasteiger partial charge in [0.1, 0.15) is 17.2 Å². The summed E-state index contributed by atoms with van der Waals surface area (Å²) >= 11 is 0. The number of hydrogen-bond donors (Lipinski definition) is 1. The van der Waals surface area contributed by atoms with Gasteiger partial charge in [-0.2, -0.15) is 10.5 Å². The van der Waals surface area contributed by atoms with Gasteiger partial charge in [-0.25, -0.2) is 4.79 Å². The lowest BCUT2D eigenvalue weighted by Gasteiger charge is -2.31. The fourth-order valence-corrected chi connectivity index (χ4v) is 3.84. The first kappa shape index (κ1) is 23.2. The van der Waals surface area contributed by atoms with Crippen LogP contribution in [0.1, 0.15) is 62.9 Å². The van der Waals surface area contributed by atoms with E-state index in [-0.39, 0.29) is 5.57 Å². The Hall–Kier alpha value is -3.06. The number of carbonyl (C=O) groups excluding carboxylic acids is 2. The highest BCUT2D eigenvalue weighted by atomic mass is 16.5. The molecular weight excluding hydrogens is 380 g/mol. The number of aryl methyl sites for hydroxylation is 1. The molecule has 0 radical (unpaired) electrons. The average Bonchev–Trinajstić information content (AvgIpc) is 2.97. The van der Waals surface area contributed by atoms with Crippen molar-refractivity contribution in [2.75, 3.05) is 6.61 Å². The number of nitriles is 2. The fourth-order valence-electron chi connectivity index (χ4n) is 3.84. The van der Waals surface area contributed by atoms with Crippen molar-refractivity contribution >= 4 is 18.0 Å². The van der Waals surface area contributed by atoms with Crippen LogP contribution in [-0.4, -0.2) is 28.6 Å². The summed E-state index contributed by atoms with van der Waals surface area (Å²) in [6, 6.07) is 5.98. The minimum absolute atomic E-state index is 0.166. The van der Waals surface area contributed by atoms with Crippen LogP contribution in [0.15, 0.2) is 11.6 Å². The van der Waals surface area contributed by atoms with Crippen LogP contribution in [0, 0.1) is 42.4 Å². The van der Waals surface area contributed by atoms with E-state index in [4.69, 9.17) is 4.74 Å². The van der Waals surface area contributed by atoms with Crippen LogP contribution in [0.5, 0.6) is 0 Å². The Labute approximate surface area is 178 Å². The molecule has 0 atom stereocenters. The SMILES string of the molecule is Cc1cc(/C=C(\C#N)C(=O)OCC(=O)NC2(C#N)CCCCC2)c(C)n1CC(C)C. The highest BCUT2D eigenvalue weighted by molar-refractivity contribution is 5.99. The maximum Gasteiger partial charge on any atom is 0.349 e. The first-order valence-corrected chi connectivity index (χ1v) is 10.4. The van der Waals surface area contributed by atoms with E-state index in [0.29, 0.717) is 18.8 Å². The van der Waals surface area contributed by atoms with E-state index >= 15 is 0 Å². The Bertz CT molecular complexity index is 906. The zero-order chi connectivity index (χ0) is 22.3. The van der Waals surface area contributed by atoms with E-state index in [1.165, 1.54) is 6.08 Å². The van der Waals surface area contributed by atoms with Gasteiger partial charge >= 0.3 is 5.97 Å². The lowest BCUT2D eigenvalue weighted by atomic mass is 9.83. The van der Waals surface area contributed by atoms with Gasteiger partial charge in [0.25, 0.3) is 5.91 Å². The van der Waals surface area contributed by atoms with Crippen LogP contribution >= 0.6 is 0 Å². The number of ether oxygens (including phenoxy) is 1. The molecule has 0 aliphatic heterocycles. The number of nitrogens with zero attached hydrogens (tertiary/aromatic N) is 3. The molecule has 1 amide bonds. The van der Waals surface area contributed by atoms with Crippen LogP contribution in [0.25, 0.3) is 6.08 Å². The lowest BCUT2D eigenvalue weighted by molar-refractivity contribution is -0.144. The predicted molar refractivity (Wildman–Crippen MR) is 113 cm³/mol. The molecule has 0 bridgehead atoms. The van der Waals surface area contributed by atoms with Crippen molar-refractivity contribution in [2.24, 2.45) is 5.92 Å². The zero-order valence-corrected chi connectivity index (χ0v) is 18.2. The van der Waals surface area contributed by atoms with Crippen LogP contribution in [0.3, 0.4) is 0 Å². The normalized spacial score (nSPS) is 15.9. The minimum atomic E-state index is -0.885. The molecule has 160 valence electrons. The summed E-state index contributed by atoms with van der Waals surface area (Å²) in [6.45, 7) is 8.51. The fraction of sp³-hybridized carbons (Fsp3) is 0.565. The van der Waals surface area contributed by atoms with Gasteiger partial charge in [-0.05, 0) is 50.3 Å². The highest BCUT2D eigenvalue weighted by Crippen LogP contribution is 2.27. The van der Waals surface area contributed by atoms with Gasteiger partial charge in [0, 0.05) is 17.9 Å². The topological polar surface area (TPSA) is 108 Å². The van der Waals surface area contributed by atoms with Crippen LogP contribution in [0.2, 0.25) is 0 Å². The Kier molecular flexibility index (Phi) is 7.83. The molecule has 1 fully saturated rings. The molecule has 1 heterocycles. The molecule has 0 aromatic carbocycles. The van der Waals surface area contributed by atoms with Crippen molar-refractivity contribution in [1.82, 2.24) is 9.88 Å². The number of nitrogens with one attached hydrogen (secondary N) is 1. The molecular formula is C23H30N4O3. The molecule has 1 N–H and O–H groups in total. The molecule has 7 heteroatoms. The van der Waals surface area contributed by atoms with E-state index in [2.05, 4.69) is 29.8 Å². The molecule has 1 aliphatic carbocycles. The monoisotopic (exact) mass is 410 g/mol. The third-order valence-electron chi connectivity index (χ3n) is 5.43. The highest BCUT2D eigenvalue weighted by Gasteiger charge is 2.33. The summed E-state index contributed by atoms with van der Waals surface area (Å²) in [5.41, 5.74) is 1.74. The molecule has 1 saturated carbocycles. The first-order valence-electron chi connectivity index (χ1n) is 10.4. The molecule has 1 aromatic heterocycles. The third-order valence-corrected chi connectivity index (χ3v) is 5.43. The van der Waals surface area contributed by atoms with E-state index in [1.807, 2.05) is 26.0 Å². The maximum atomic E-state index is 12.3. The number of hydrogen-bond acceptors (Lipinski definition) is 5. The van der Waals surface area contributed by atoms with Crippen LogP contribution in [-0.2, 0) is 20.9 Å². The first-order chi connectivity index (χ1) is 14.2. The van der Waals surface area contributed by atoms with Crippen LogP contribution < -0.4 is 5.32 Å². The second kappa shape index (κ2) is 10.1. The van der Waals surface area contributed by atoms with Gasteiger partial charge in [-0.15, -0.1) is 0 Å². The molecule has 30 heavy (non-hydrogen) atoms. The van der Waals surface area contributed by atoms with Crippen LogP contribution in [0.4, 0.5) is 0 Å². The molecule has 0 saturated heterocycles. The third kappa shape index (κ3) is 5.73. The van der Waals surface area contributed by atoms with Crippen molar-refractivity contribution < 1.29 is 14.3 Å². The number of rotatable bonds is 7. The average molecular weight is 411 g/mol. The Morgan fingerprint density at radius 1 is 1.27 bits per heavy atom. The number of amides is 1. The smallest absolute Gasteiger partial charge is 0.349 e. The molecule has 1 aliphatic rings. The molecule has 1 aromatic rings. The van der Waals surface area contributed by atoms with Crippen molar-refractivity contribution in [3.05, 3.63) is 28.6 Å². The standard InChI is InChI=1S/C23H30N4O3/c1-16(2)13-27-17(3)10-19(18(27)4)11-20(12-24)22(29)30-14-21(28)26-23(15-25)8-6-5-7-9-23/h10-11,16H,5-9,13-14H2,1-4H3,(H,26,28)/b20-11+. The summed E-state index contributed by atoms with van der Waals surface area (Å²) < 4.78 is 7.19. The van der Waals surface area contributed by atoms with Gasteiger partial charge in [0.05, 0.1) is 6.07 Å². The second-order valence-corrected chi connectivity index (χ2v) is 8.38. The Morgan fingerprint density at radius 2 is 1.93 bits per heavy atom. The summed E-state index contributed by atoms with van der Waals surface area (Å²) in [6.07, 6.45) is 5.49. The maximum absolute atomic E-state index is 12.3. The lowest BCUT2D eigenvalue weighted by Crippen LogP contribution is -2.50. The summed E-state index contributed by atoms with van der Waals surface area (Å²) in [5, 5.41) is 21.5. The second-order valence-electron chi connectivity index (χ2n) is 8.38. The summed E-state index contributed by atoms with van der Waals surface area (Å²) in [5.74, 6) is -0.915. The van der Waals surface area contributed by atoms with Gasteiger partial charge in [-0.3, -0.25) is 4.79 Å². The largest absolute Gasteiger partial charge is 0.451 e. The Morgan fingerprint density at radius 3 is 2.50 bits per heavy atom. The summed E-state index contributed by atoms with van der Waals surface area (Å²) in [4.78, 5) is 24.5. The van der Waals surface area contributed by atoms with Crippen molar-refractivity contribution in [2.45, 2.75) is 71.9 Å². The van der Waals surface area contributed by atoms with Gasteiger partial charge in [-0.1, -0.05) is 33.1 Å². The number of esters is 1. The molecule has 2 rings (SSSR count). The number of carbonyl (C=O) groups is 2. The number of aromatic nitrogens is 1. The minimum Gasteiger partial charge on any atom is -0.451 e. The van der Waals surface area contributed by atoms with Crippen molar-refractivity contribution in [3.63, 3.8) is 0 Å².